The van der Waals surface area contributed by atoms with Gasteiger partial charge in [0.1, 0.15) is 0 Å². The van der Waals surface area contributed by atoms with Crippen molar-refractivity contribution in [2.75, 3.05) is 13.1 Å². The lowest BCUT2D eigenvalue weighted by Gasteiger charge is -2.45. The van der Waals surface area contributed by atoms with Crippen molar-refractivity contribution in [2.24, 2.45) is 5.41 Å². The number of hydrogen-bond acceptors (Lipinski definition) is 4. The van der Waals surface area contributed by atoms with Gasteiger partial charge in [0.25, 0.3) is 0 Å². The van der Waals surface area contributed by atoms with Gasteiger partial charge in [0.2, 0.25) is 10.0 Å². The molecule has 0 unspecified atom stereocenters. The van der Waals surface area contributed by atoms with Crippen molar-refractivity contribution in [1.82, 2.24) is 4.31 Å². The quantitative estimate of drug-likeness (QED) is 0.831. The first-order valence-corrected chi connectivity index (χ1v) is 9.92. The molecule has 7 heteroatoms. The van der Waals surface area contributed by atoms with Crippen molar-refractivity contribution in [3.63, 3.8) is 0 Å². The van der Waals surface area contributed by atoms with Crippen LogP contribution in [0.15, 0.2) is 29.2 Å². The summed E-state index contributed by atoms with van der Waals surface area (Å²) in [5.41, 5.74) is -1.69. The summed E-state index contributed by atoms with van der Waals surface area (Å²) in [4.78, 5) is 11.6. The van der Waals surface area contributed by atoms with Crippen molar-refractivity contribution < 1.29 is 23.4 Å². The van der Waals surface area contributed by atoms with E-state index in [0.717, 1.165) is 5.56 Å². The number of carboxylic acids is 1. The first-order valence-electron chi connectivity index (χ1n) is 8.48. The van der Waals surface area contributed by atoms with E-state index in [1.54, 1.807) is 12.1 Å². The van der Waals surface area contributed by atoms with E-state index in [0.29, 0.717) is 5.92 Å². The van der Waals surface area contributed by atoms with E-state index in [1.165, 1.54) is 18.2 Å². The Morgan fingerprint density at radius 3 is 2.04 bits per heavy atom. The van der Waals surface area contributed by atoms with Gasteiger partial charge in [-0.15, -0.1) is 0 Å². The van der Waals surface area contributed by atoms with Crippen LogP contribution in [0.2, 0.25) is 0 Å². The normalized spacial score (nSPS) is 19.1. The van der Waals surface area contributed by atoms with Crippen molar-refractivity contribution in [2.45, 2.75) is 57.0 Å². The van der Waals surface area contributed by atoms with Gasteiger partial charge < -0.3 is 10.2 Å². The fourth-order valence-electron chi connectivity index (χ4n) is 3.09. The van der Waals surface area contributed by atoms with Gasteiger partial charge in [0.15, 0.2) is 0 Å². The summed E-state index contributed by atoms with van der Waals surface area (Å²) in [6.07, 6.45) is 0.186. The molecule has 1 aliphatic heterocycles. The van der Waals surface area contributed by atoms with Crippen LogP contribution in [0.5, 0.6) is 0 Å². The maximum Gasteiger partial charge on any atom is 0.312 e. The average molecular weight is 369 g/mol. The predicted octanol–water partition coefficient (Wildman–Crippen LogP) is 2.44. The highest BCUT2D eigenvalue weighted by molar-refractivity contribution is 7.89. The second-order valence-corrected chi connectivity index (χ2v) is 9.53. The van der Waals surface area contributed by atoms with Gasteiger partial charge in [0.05, 0.1) is 15.9 Å². The minimum absolute atomic E-state index is 0.0929. The molecule has 2 N–H and O–H groups in total. The molecule has 1 aromatic carbocycles. The number of hydrogen-bond donors (Lipinski definition) is 2. The zero-order chi connectivity index (χ0) is 19.0. The Morgan fingerprint density at radius 1 is 1.16 bits per heavy atom. The molecule has 0 aromatic heterocycles. The van der Waals surface area contributed by atoms with Crippen LogP contribution in [0.1, 0.15) is 52.0 Å². The van der Waals surface area contributed by atoms with Crippen LogP contribution in [0.4, 0.5) is 0 Å². The fraction of sp³-hybridized carbons (Fsp3) is 0.611. The summed E-state index contributed by atoms with van der Waals surface area (Å²) < 4.78 is 26.9. The molecule has 0 aliphatic carbocycles. The van der Waals surface area contributed by atoms with Crippen molar-refractivity contribution >= 4 is 16.0 Å². The Hall–Kier alpha value is -1.44. The summed E-state index contributed by atoms with van der Waals surface area (Å²) in [7, 11) is -3.65. The minimum atomic E-state index is -3.65. The molecule has 1 aromatic rings. The van der Waals surface area contributed by atoms with Crippen molar-refractivity contribution in [1.29, 1.82) is 0 Å². The number of carbonyl (C=O) groups is 1. The standard InChI is InChI=1S/C18H27NO5S/c1-13(2)14-5-7-15(8-6-14)25(23,24)19-11-9-18(22,10-12-19)17(3,4)16(20)21/h5-8,13,22H,9-12H2,1-4H3,(H,20,21). The maximum absolute atomic E-state index is 12.8. The molecular weight excluding hydrogens is 342 g/mol. The highest BCUT2D eigenvalue weighted by Gasteiger charge is 2.51. The van der Waals surface area contributed by atoms with Gasteiger partial charge in [-0.25, -0.2) is 8.42 Å². The lowest BCUT2D eigenvalue weighted by Crippen LogP contribution is -2.56. The van der Waals surface area contributed by atoms with Gasteiger partial charge in [0, 0.05) is 13.1 Å². The molecule has 1 saturated heterocycles. The predicted molar refractivity (Wildman–Crippen MR) is 94.9 cm³/mol. The number of aliphatic carboxylic acids is 1. The number of piperidine rings is 1. The van der Waals surface area contributed by atoms with E-state index < -0.39 is 27.0 Å². The summed E-state index contributed by atoms with van der Waals surface area (Å²) in [6.45, 7) is 7.23. The summed E-state index contributed by atoms with van der Waals surface area (Å²) in [6, 6.07) is 6.83. The van der Waals surface area contributed by atoms with Gasteiger partial charge in [-0.1, -0.05) is 26.0 Å². The molecular formula is C18H27NO5S. The third kappa shape index (κ3) is 3.59. The van der Waals surface area contributed by atoms with E-state index in [4.69, 9.17) is 0 Å². The van der Waals surface area contributed by atoms with Crippen LogP contribution in [0.3, 0.4) is 0 Å². The Labute approximate surface area is 149 Å². The van der Waals surface area contributed by atoms with E-state index in [-0.39, 0.29) is 30.8 Å². The molecule has 0 spiro atoms. The van der Waals surface area contributed by atoms with Gasteiger partial charge >= 0.3 is 5.97 Å². The summed E-state index contributed by atoms with van der Waals surface area (Å²) in [5.74, 6) is -0.768. The minimum Gasteiger partial charge on any atom is -0.481 e. The number of carboxylic acid groups (broad SMARTS) is 1. The van der Waals surface area contributed by atoms with Crippen molar-refractivity contribution in [3.05, 3.63) is 29.8 Å². The zero-order valence-corrected chi connectivity index (χ0v) is 16.0. The molecule has 0 radical (unpaired) electrons. The molecule has 25 heavy (non-hydrogen) atoms. The summed E-state index contributed by atoms with van der Waals surface area (Å²) >= 11 is 0. The smallest absolute Gasteiger partial charge is 0.312 e. The topological polar surface area (TPSA) is 94.9 Å². The summed E-state index contributed by atoms with van der Waals surface area (Å²) in [5, 5.41) is 20.1. The SMILES string of the molecule is CC(C)c1ccc(S(=O)(=O)N2CCC(O)(C(C)(C)C(=O)O)CC2)cc1. The number of rotatable bonds is 5. The number of sulfonamides is 1. The lowest BCUT2D eigenvalue weighted by molar-refractivity contribution is -0.169. The molecule has 0 bridgehead atoms. The first-order chi connectivity index (χ1) is 11.4. The van der Waals surface area contributed by atoms with Crippen LogP contribution >= 0.6 is 0 Å². The van der Waals surface area contributed by atoms with Gasteiger partial charge in [-0.05, 0) is 50.3 Å². The Kier molecular flexibility index (Phi) is 5.33. The largest absolute Gasteiger partial charge is 0.481 e. The fourth-order valence-corrected chi connectivity index (χ4v) is 4.54. The highest BCUT2D eigenvalue weighted by atomic mass is 32.2. The van der Waals surface area contributed by atoms with Crippen molar-refractivity contribution in [3.8, 4) is 0 Å². The maximum atomic E-state index is 12.8. The Morgan fingerprint density at radius 2 is 1.64 bits per heavy atom. The molecule has 1 heterocycles. The molecule has 2 rings (SSSR count). The van der Waals surface area contributed by atoms with Gasteiger partial charge in [-0.2, -0.15) is 4.31 Å². The van der Waals surface area contributed by atoms with E-state index in [9.17, 15) is 23.4 Å². The molecule has 1 fully saturated rings. The molecule has 140 valence electrons. The van der Waals surface area contributed by atoms with Crippen LogP contribution in [-0.2, 0) is 14.8 Å². The van der Waals surface area contributed by atoms with Gasteiger partial charge in [-0.3, -0.25) is 4.79 Å². The van der Waals surface area contributed by atoms with E-state index >= 15 is 0 Å². The van der Waals surface area contributed by atoms with E-state index in [1.807, 2.05) is 26.0 Å². The zero-order valence-electron chi connectivity index (χ0n) is 15.2. The Balaban J connectivity index is 2.17. The highest BCUT2D eigenvalue weighted by Crippen LogP contribution is 2.40. The monoisotopic (exact) mass is 369 g/mol. The first kappa shape index (κ1) is 19.9. The van der Waals surface area contributed by atoms with E-state index in [2.05, 4.69) is 0 Å². The van der Waals surface area contributed by atoms with Crippen LogP contribution < -0.4 is 0 Å². The second-order valence-electron chi connectivity index (χ2n) is 7.59. The van der Waals surface area contributed by atoms with Crippen LogP contribution in [0, 0.1) is 5.41 Å². The molecule has 1 aliphatic rings. The number of nitrogens with zero attached hydrogens (tertiary/aromatic N) is 1. The Bertz CT molecular complexity index is 729. The van der Waals surface area contributed by atoms with Crippen LogP contribution in [-0.4, -0.2) is 47.6 Å². The molecule has 0 amide bonds. The second kappa shape index (κ2) is 6.70. The lowest BCUT2D eigenvalue weighted by atomic mass is 9.70. The molecule has 6 nitrogen and oxygen atoms in total. The molecule has 0 atom stereocenters. The van der Waals surface area contributed by atoms with Crippen LogP contribution in [0.25, 0.3) is 0 Å². The number of aliphatic hydroxyl groups is 1. The molecule has 0 saturated carbocycles. The third-order valence-corrected chi connectivity index (χ3v) is 7.35. The third-order valence-electron chi connectivity index (χ3n) is 5.43. The number of benzene rings is 1. The average Bonchev–Trinajstić information content (AvgIpc) is 2.55.